The number of hydrogen-bond acceptors (Lipinski definition) is 4. The molecule has 0 heterocycles. The minimum atomic E-state index is -0.279. The number of Topliss-reactive ketones (excluding diaryl/α,β-unsaturated/α-hetero) is 1. The highest BCUT2D eigenvalue weighted by molar-refractivity contribution is 6.10. The van der Waals surface area contributed by atoms with Crippen LogP contribution in [0.3, 0.4) is 0 Å². The zero-order valence-corrected chi connectivity index (χ0v) is 10.4. The summed E-state index contributed by atoms with van der Waals surface area (Å²) in [5.74, 6) is 3.35. The molecule has 0 amide bonds. The SMILES string of the molecule is COc1ccc(C(=O)C#CN(C)C)c(OC)c1. The van der Waals surface area contributed by atoms with Gasteiger partial charge in [0, 0.05) is 32.1 Å². The van der Waals surface area contributed by atoms with E-state index in [4.69, 9.17) is 9.47 Å². The van der Waals surface area contributed by atoms with Crippen LogP contribution in [0, 0.1) is 12.0 Å². The Morgan fingerprint density at radius 3 is 2.47 bits per heavy atom. The minimum absolute atomic E-state index is 0.279. The first-order valence-corrected chi connectivity index (χ1v) is 5.03. The van der Waals surface area contributed by atoms with E-state index in [-0.39, 0.29) is 5.78 Å². The van der Waals surface area contributed by atoms with Crippen LogP contribution in [-0.2, 0) is 0 Å². The molecule has 0 radical (unpaired) electrons. The number of benzene rings is 1. The Hall–Kier alpha value is -2.15. The average Bonchev–Trinajstić information content (AvgIpc) is 2.34. The molecule has 0 spiro atoms. The van der Waals surface area contributed by atoms with Crippen LogP contribution in [0.15, 0.2) is 18.2 Å². The van der Waals surface area contributed by atoms with Gasteiger partial charge in [0.1, 0.15) is 11.5 Å². The average molecular weight is 233 g/mol. The van der Waals surface area contributed by atoms with Crippen molar-refractivity contribution in [1.82, 2.24) is 4.90 Å². The monoisotopic (exact) mass is 233 g/mol. The molecule has 0 fully saturated rings. The second kappa shape index (κ2) is 5.80. The van der Waals surface area contributed by atoms with Gasteiger partial charge < -0.3 is 14.4 Å². The summed E-state index contributed by atoms with van der Waals surface area (Å²) >= 11 is 0. The van der Waals surface area contributed by atoms with Crippen LogP contribution in [0.1, 0.15) is 10.4 Å². The third-order valence-corrected chi connectivity index (χ3v) is 2.05. The van der Waals surface area contributed by atoms with Crippen molar-refractivity contribution in [2.24, 2.45) is 0 Å². The van der Waals surface area contributed by atoms with Gasteiger partial charge in [0.15, 0.2) is 0 Å². The Morgan fingerprint density at radius 1 is 1.24 bits per heavy atom. The fraction of sp³-hybridized carbons (Fsp3) is 0.308. The van der Waals surface area contributed by atoms with Gasteiger partial charge in [0.25, 0.3) is 0 Å². The van der Waals surface area contributed by atoms with E-state index >= 15 is 0 Å². The van der Waals surface area contributed by atoms with Gasteiger partial charge in [-0.2, -0.15) is 0 Å². The van der Waals surface area contributed by atoms with Gasteiger partial charge in [-0.25, -0.2) is 0 Å². The molecule has 0 saturated carbocycles. The Morgan fingerprint density at radius 2 is 1.94 bits per heavy atom. The first-order chi connectivity index (χ1) is 8.08. The van der Waals surface area contributed by atoms with Crippen molar-refractivity contribution >= 4 is 5.78 Å². The molecule has 1 aromatic rings. The topological polar surface area (TPSA) is 38.8 Å². The zero-order valence-electron chi connectivity index (χ0n) is 10.4. The van der Waals surface area contributed by atoms with Crippen LogP contribution in [0.4, 0.5) is 0 Å². The second-order valence-corrected chi connectivity index (χ2v) is 3.53. The van der Waals surface area contributed by atoms with Crippen molar-refractivity contribution in [2.75, 3.05) is 28.3 Å². The summed E-state index contributed by atoms with van der Waals surface area (Å²) in [4.78, 5) is 13.4. The molecule has 0 aromatic heterocycles. The van der Waals surface area contributed by atoms with Gasteiger partial charge in [0.2, 0.25) is 5.78 Å². The van der Waals surface area contributed by atoms with E-state index in [9.17, 15) is 4.79 Å². The lowest BCUT2D eigenvalue weighted by Crippen LogP contribution is -2.05. The number of hydrogen-bond donors (Lipinski definition) is 0. The highest BCUT2D eigenvalue weighted by Crippen LogP contribution is 2.24. The number of methoxy groups -OCH3 is 2. The summed E-state index contributed by atoms with van der Waals surface area (Å²) < 4.78 is 10.2. The molecular formula is C13H15NO3. The van der Waals surface area contributed by atoms with Gasteiger partial charge in [0.05, 0.1) is 19.8 Å². The molecule has 0 N–H and O–H groups in total. The van der Waals surface area contributed by atoms with E-state index in [0.717, 1.165) is 0 Å². The van der Waals surface area contributed by atoms with E-state index in [1.54, 1.807) is 44.3 Å². The van der Waals surface area contributed by atoms with Crippen LogP contribution >= 0.6 is 0 Å². The van der Waals surface area contributed by atoms with Gasteiger partial charge in [-0.3, -0.25) is 4.79 Å². The molecule has 0 bridgehead atoms. The highest BCUT2D eigenvalue weighted by atomic mass is 16.5. The highest BCUT2D eigenvalue weighted by Gasteiger charge is 2.11. The molecule has 0 saturated heterocycles. The molecule has 1 aromatic carbocycles. The summed E-state index contributed by atoms with van der Waals surface area (Å²) in [6.45, 7) is 0. The number of carbonyl (C=O) groups excluding carboxylic acids is 1. The first-order valence-electron chi connectivity index (χ1n) is 5.03. The smallest absolute Gasteiger partial charge is 0.241 e. The predicted octanol–water partition coefficient (Wildman–Crippen LogP) is 1.41. The van der Waals surface area contributed by atoms with Gasteiger partial charge >= 0.3 is 0 Å². The molecule has 0 aliphatic carbocycles. The van der Waals surface area contributed by atoms with Crippen molar-refractivity contribution in [3.05, 3.63) is 23.8 Å². The second-order valence-electron chi connectivity index (χ2n) is 3.53. The summed E-state index contributed by atoms with van der Waals surface area (Å²) in [6, 6.07) is 7.67. The van der Waals surface area contributed by atoms with Crippen molar-refractivity contribution in [3.8, 4) is 23.5 Å². The number of ketones is 1. The van der Waals surface area contributed by atoms with E-state index in [1.807, 2.05) is 0 Å². The number of carbonyl (C=O) groups is 1. The van der Waals surface area contributed by atoms with E-state index in [1.165, 1.54) is 7.11 Å². The molecular weight excluding hydrogens is 218 g/mol. The van der Waals surface area contributed by atoms with Crippen LogP contribution < -0.4 is 9.47 Å². The molecule has 0 unspecified atom stereocenters. The van der Waals surface area contributed by atoms with Crippen molar-refractivity contribution in [1.29, 1.82) is 0 Å². The van der Waals surface area contributed by atoms with Crippen LogP contribution in [-0.4, -0.2) is 39.0 Å². The Bertz CT molecular complexity index is 469. The zero-order chi connectivity index (χ0) is 12.8. The molecule has 17 heavy (non-hydrogen) atoms. The molecule has 0 aliphatic heterocycles. The fourth-order valence-electron chi connectivity index (χ4n) is 1.22. The maximum absolute atomic E-state index is 11.8. The standard InChI is InChI=1S/C13H15NO3/c1-14(2)8-7-12(15)11-6-5-10(16-3)9-13(11)17-4/h5-6,9H,1-4H3. The Labute approximate surface area is 101 Å². The fourth-order valence-corrected chi connectivity index (χ4v) is 1.22. The summed E-state index contributed by atoms with van der Waals surface area (Å²) in [7, 11) is 6.60. The molecule has 4 heteroatoms. The lowest BCUT2D eigenvalue weighted by molar-refractivity contribution is 0.105. The largest absolute Gasteiger partial charge is 0.497 e. The molecule has 0 atom stereocenters. The molecule has 0 aliphatic rings. The number of nitrogens with zero attached hydrogens (tertiary/aromatic N) is 1. The molecule has 1 rings (SSSR count). The predicted molar refractivity (Wildman–Crippen MR) is 65.3 cm³/mol. The van der Waals surface area contributed by atoms with Gasteiger partial charge in [-0.05, 0) is 12.1 Å². The third-order valence-electron chi connectivity index (χ3n) is 2.05. The minimum Gasteiger partial charge on any atom is -0.497 e. The summed E-state index contributed by atoms with van der Waals surface area (Å²) in [5.41, 5.74) is 0.433. The Kier molecular flexibility index (Phi) is 4.41. The number of rotatable bonds is 3. The van der Waals surface area contributed by atoms with E-state index in [2.05, 4.69) is 12.0 Å². The van der Waals surface area contributed by atoms with Crippen molar-refractivity contribution in [2.45, 2.75) is 0 Å². The van der Waals surface area contributed by atoms with Gasteiger partial charge in [-0.15, -0.1) is 0 Å². The quantitative estimate of drug-likeness (QED) is 0.449. The van der Waals surface area contributed by atoms with Gasteiger partial charge in [-0.1, -0.05) is 0 Å². The summed E-state index contributed by atoms with van der Waals surface area (Å²) in [6.07, 6.45) is 0. The van der Waals surface area contributed by atoms with E-state index < -0.39 is 0 Å². The van der Waals surface area contributed by atoms with Crippen molar-refractivity contribution in [3.63, 3.8) is 0 Å². The normalized spacial score (nSPS) is 8.94. The molecule has 90 valence electrons. The van der Waals surface area contributed by atoms with Crippen molar-refractivity contribution < 1.29 is 14.3 Å². The first kappa shape index (κ1) is 12.9. The maximum atomic E-state index is 11.8. The third kappa shape index (κ3) is 3.42. The molecule has 4 nitrogen and oxygen atoms in total. The summed E-state index contributed by atoms with van der Waals surface area (Å²) in [5, 5.41) is 0. The lowest BCUT2D eigenvalue weighted by atomic mass is 10.1. The van der Waals surface area contributed by atoms with Crippen LogP contribution in [0.25, 0.3) is 0 Å². The van der Waals surface area contributed by atoms with Crippen LogP contribution in [0.5, 0.6) is 11.5 Å². The van der Waals surface area contributed by atoms with Crippen LogP contribution in [0.2, 0.25) is 0 Å². The number of ether oxygens (including phenoxy) is 2. The van der Waals surface area contributed by atoms with E-state index in [0.29, 0.717) is 17.1 Å². The lowest BCUT2D eigenvalue weighted by Gasteiger charge is -2.07. The Balaban J connectivity index is 3.06. The maximum Gasteiger partial charge on any atom is 0.241 e.